The van der Waals surface area contributed by atoms with Crippen molar-refractivity contribution in [1.29, 1.82) is 0 Å². The van der Waals surface area contributed by atoms with Gasteiger partial charge in [0.1, 0.15) is 5.75 Å². The average Bonchev–Trinajstić information content (AvgIpc) is 2.92. The Morgan fingerprint density at radius 2 is 1.36 bits per heavy atom. The molecule has 1 aromatic heterocycles. The number of rotatable bonds is 15. The predicted molar refractivity (Wildman–Crippen MR) is 146 cm³/mol. The fraction of sp³-hybridized carbons (Fsp3) is 0.452. The van der Waals surface area contributed by atoms with E-state index in [1.165, 1.54) is 37.7 Å². The molecular weight excluding hydrogens is 448 g/mol. The fourth-order valence-corrected chi connectivity index (χ4v) is 4.00. The molecule has 0 saturated carbocycles. The lowest BCUT2D eigenvalue weighted by atomic mass is 10.0. The Labute approximate surface area is 216 Å². The van der Waals surface area contributed by atoms with Crippen LogP contribution in [0.5, 0.6) is 5.75 Å². The normalized spacial score (nSPS) is 11.8. The number of hydrogen-bond acceptors (Lipinski definition) is 5. The first-order valence-electron chi connectivity index (χ1n) is 13.5. The van der Waals surface area contributed by atoms with Crippen LogP contribution in [0.4, 0.5) is 0 Å². The molecule has 1 heterocycles. The van der Waals surface area contributed by atoms with Crippen LogP contribution in [0.1, 0.15) is 77.7 Å². The second-order valence-corrected chi connectivity index (χ2v) is 9.32. The third-order valence-electron chi connectivity index (χ3n) is 6.26. The maximum absolute atomic E-state index is 12.1. The van der Waals surface area contributed by atoms with E-state index in [9.17, 15) is 4.79 Å². The van der Waals surface area contributed by atoms with Crippen LogP contribution in [-0.2, 0) is 16.0 Å². The quantitative estimate of drug-likeness (QED) is 0.161. The predicted octanol–water partition coefficient (Wildman–Crippen LogP) is 7.82. The molecule has 5 heteroatoms. The zero-order valence-corrected chi connectivity index (χ0v) is 22.0. The van der Waals surface area contributed by atoms with E-state index in [-0.39, 0.29) is 5.97 Å². The van der Waals surface area contributed by atoms with Crippen LogP contribution in [0.2, 0.25) is 0 Å². The molecule has 1 atom stereocenters. The number of hydrogen-bond donors (Lipinski definition) is 0. The van der Waals surface area contributed by atoms with Gasteiger partial charge >= 0.3 is 5.97 Å². The minimum Gasteiger partial charge on any atom is -0.479 e. The van der Waals surface area contributed by atoms with Gasteiger partial charge in [0.05, 0.1) is 6.61 Å². The maximum atomic E-state index is 12.1. The largest absolute Gasteiger partial charge is 0.479 e. The van der Waals surface area contributed by atoms with E-state index in [1.807, 2.05) is 36.7 Å². The molecule has 0 aliphatic rings. The van der Waals surface area contributed by atoms with Crippen molar-refractivity contribution in [3.63, 3.8) is 0 Å². The minimum atomic E-state index is -0.646. The molecule has 0 fully saturated rings. The highest BCUT2D eigenvalue weighted by Crippen LogP contribution is 2.24. The number of aromatic nitrogens is 2. The summed E-state index contributed by atoms with van der Waals surface area (Å²) in [5.41, 5.74) is 4.31. The highest BCUT2D eigenvalue weighted by atomic mass is 16.6. The molecular formula is C31H40N2O3. The zero-order chi connectivity index (χ0) is 25.6. The van der Waals surface area contributed by atoms with Gasteiger partial charge < -0.3 is 9.47 Å². The summed E-state index contributed by atoms with van der Waals surface area (Å²) in [4.78, 5) is 21.2. The lowest BCUT2D eigenvalue weighted by Gasteiger charge is -2.14. The lowest BCUT2D eigenvalue weighted by Crippen LogP contribution is -2.26. The van der Waals surface area contributed by atoms with Crippen LogP contribution in [0.15, 0.2) is 60.9 Å². The van der Waals surface area contributed by atoms with Gasteiger partial charge in [0.15, 0.2) is 11.9 Å². The molecule has 3 aromatic rings. The Morgan fingerprint density at radius 1 is 0.750 bits per heavy atom. The Hall–Kier alpha value is -3.21. The molecule has 1 unspecified atom stereocenters. The van der Waals surface area contributed by atoms with E-state index >= 15 is 0 Å². The number of carbonyl (C=O) groups is 1. The summed E-state index contributed by atoms with van der Waals surface area (Å²) in [5.74, 6) is 1.01. The van der Waals surface area contributed by atoms with Crippen LogP contribution >= 0.6 is 0 Å². The van der Waals surface area contributed by atoms with Crippen LogP contribution < -0.4 is 4.74 Å². The molecule has 0 aliphatic heterocycles. The second-order valence-electron chi connectivity index (χ2n) is 9.32. The molecule has 0 saturated heterocycles. The molecule has 0 amide bonds. The van der Waals surface area contributed by atoms with Crippen molar-refractivity contribution in [2.24, 2.45) is 0 Å². The number of ether oxygens (including phenoxy) is 2. The number of unbranched alkanes of at least 4 members (excludes halogenated alkanes) is 6. The summed E-state index contributed by atoms with van der Waals surface area (Å²) in [7, 11) is 0. The van der Waals surface area contributed by atoms with Gasteiger partial charge in [-0.1, -0.05) is 88.8 Å². The van der Waals surface area contributed by atoms with Crippen molar-refractivity contribution in [1.82, 2.24) is 9.97 Å². The third-order valence-corrected chi connectivity index (χ3v) is 6.26. The third kappa shape index (κ3) is 8.78. The van der Waals surface area contributed by atoms with Crippen molar-refractivity contribution >= 4 is 5.97 Å². The van der Waals surface area contributed by atoms with Gasteiger partial charge in [-0.2, -0.15) is 0 Å². The standard InChI is InChI=1S/C31H40N2O3/c1-4-6-8-9-10-12-25-13-15-27(16-14-25)30-32-22-28(23-33-30)26-17-19-29(20-18-26)36-24(3)31(34)35-21-11-7-5-2/h13-20,22-24H,4-12,21H2,1-3H3. The molecule has 0 radical (unpaired) electrons. The fourth-order valence-electron chi connectivity index (χ4n) is 4.00. The first-order chi connectivity index (χ1) is 17.6. The number of benzene rings is 2. The molecule has 36 heavy (non-hydrogen) atoms. The van der Waals surface area contributed by atoms with E-state index in [2.05, 4.69) is 48.1 Å². The summed E-state index contributed by atoms with van der Waals surface area (Å²) < 4.78 is 11.0. The van der Waals surface area contributed by atoms with Gasteiger partial charge in [-0.15, -0.1) is 0 Å². The van der Waals surface area contributed by atoms with Gasteiger partial charge in [0.25, 0.3) is 0 Å². The summed E-state index contributed by atoms with van der Waals surface area (Å²) in [6, 6.07) is 16.2. The van der Waals surface area contributed by atoms with Gasteiger partial charge in [0, 0.05) is 23.5 Å². The monoisotopic (exact) mass is 488 g/mol. The van der Waals surface area contributed by atoms with Crippen LogP contribution in [0.25, 0.3) is 22.5 Å². The summed E-state index contributed by atoms with van der Waals surface area (Å²) in [6.07, 6.45) is 13.7. The van der Waals surface area contributed by atoms with E-state index < -0.39 is 6.10 Å². The maximum Gasteiger partial charge on any atom is 0.347 e. The zero-order valence-electron chi connectivity index (χ0n) is 22.0. The van der Waals surface area contributed by atoms with Gasteiger partial charge in [-0.05, 0) is 49.4 Å². The SMILES string of the molecule is CCCCCCCc1ccc(-c2ncc(-c3ccc(OC(C)C(=O)OCCCCC)cc3)cn2)cc1. The van der Waals surface area contributed by atoms with E-state index in [1.54, 1.807) is 6.92 Å². The summed E-state index contributed by atoms with van der Waals surface area (Å²) in [5, 5.41) is 0. The van der Waals surface area contributed by atoms with Gasteiger partial charge in [0.2, 0.25) is 0 Å². The molecule has 5 nitrogen and oxygen atoms in total. The molecule has 3 rings (SSSR count). The Balaban J connectivity index is 1.51. The molecule has 0 spiro atoms. The number of aryl methyl sites for hydroxylation is 1. The summed E-state index contributed by atoms with van der Waals surface area (Å²) >= 11 is 0. The molecule has 2 aromatic carbocycles. The van der Waals surface area contributed by atoms with Gasteiger partial charge in [-0.25, -0.2) is 14.8 Å². The van der Waals surface area contributed by atoms with Crippen LogP contribution in [-0.4, -0.2) is 28.6 Å². The van der Waals surface area contributed by atoms with Gasteiger partial charge in [-0.3, -0.25) is 0 Å². The smallest absolute Gasteiger partial charge is 0.347 e. The Kier molecular flexibility index (Phi) is 11.4. The molecule has 0 N–H and O–H groups in total. The van der Waals surface area contributed by atoms with Crippen molar-refractivity contribution in [2.75, 3.05) is 6.61 Å². The van der Waals surface area contributed by atoms with Crippen molar-refractivity contribution < 1.29 is 14.3 Å². The summed E-state index contributed by atoms with van der Waals surface area (Å²) in [6.45, 7) is 6.52. The van der Waals surface area contributed by atoms with Crippen molar-refractivity contribution in [3.8, 4) is 28.3 Å². The van der Waals surface area contributed by atoms with Crippen LogP contribution in [0.3, 0.4) is 0 Å². The van der Waals surface area contributed by atoms with E-state index in [4.69, 9.17) is 9.47 Å². The highest BCUT2D eigenvalue weighted by molar-refractivity contribution is 5.74. The van der Waals surface area contributed by atoms with E-state index in [0.29, 0.717) is 12.4 Å². The molecule has 0 bridgehead atoms. The van der Waals surface area contributed by atoms with E-state index in [0.717, 1.165) is 48.2 Å². The van der Waals surface area contributed by atoms with Crippen molar-refractivity contribution in [2.45, 2.75) is 84.7 Å². The Morgan fingerprint density at radius 3 is 2.03 bits per heavy atom. The first-order valence-corrected chi connectivity index (χ1v) is 13.5. The minimum absolute atomic E-state index is 0.334. The number of nitrogens with zero attached hydrogens (tertiary/aromatic N) is 2. The first kappa shape index (κ1) is 27.4. The molecule has 0 aliphatic carbocycles. The lowest BCUT2D eigenvalue weighted by molar-refractivity contribution is -0.151. The van der Waals surface area contributed by atoms with Crippen molar-refractivity contribution in [3.05, 3.63) is 66.5 Å². The number of esters is 1. The average molecular weight is 489 g/mol. The topological polar surface area (TPSA) is 61.3 Å². The highest BCUT2D eigenvalue weighted by Gasteiger charge is 2.16. The molecule has 192 valence electrons. The van der Waals surface area contributed by atoms with Crippen LogP contribution in [0, 0.1) is 0 Å². The number of carbonyl (C=O) groups excluding carboxylic acids is 1. The second kappa shape index (κ2) is 15.0. The Bertz CT molecular complexity index is 1030.